The van der Waals surface area contributed by atoms with Gasteiger partial charge in [0.1, 0.15) is 11.6 Å². The zero-order valence-corrected chi connectivity index (χ0v) is 7.05. The molecule has 1 aromatic rings. The van der Waals surface area contributed by atoms with Crippen LogP contribution in [0.4, 0.5) is 8.78 Å². The summed E-state index contributed by atoms with van der Waals surface area (Å²) in [5, 5.41) is 2.28. The Labute approximate surface area is 74.6 Å². The molecule has 0 saturated heterocycles. The van der Waals surface area contributed by atoms with Gasteiger partial charge in [-0.1, -0.05) is 6.07 Å². The fourth-order valence-corrected chi connectivity index (χ4v) is 1.11. The van der Waals surface area contributed by atoms with E-state index in [9.17, 15) is 13.6 Å². The van der Waals surface area contributed by atoms with E-state index in [2.05, 4.69) is 5.32 Å². The van der Waals surface area contributed by atoms with Crippen LogP contribution in [-0.2, 0) is 4.79 Å². The van der Waals surface area contributed by atoms with Crippen molar-refractivity contribution < 1.29 is 13.6 Å². The maximum absolute atomic E-state index is 13.0. The first-order chi connectivity index (χ1) is 6.16. The molecule has 1 rings (SSSR count). The Balaban J connectivity index is 3.04. The van der Waals surface area contributed by atoms with Crippen LogP contribution in [0.5, 0.6) is 0 Å². The molecule has 0 heterocycles. The van der Waals surface area contributed by atoms with Gasteiger partial charge >= 0.3 is 0 Å². The lowest BCUT2D eigenvalue weighted by atomic mass is 10.1. The standard InChI is InChI=1S/C9H9F2NO/c1-6(12-5-13)9-7(10)3-2-4-8(9)11/h2-6H,1H3,(H,12,13). The number of amides is 1. The van der Waals surface area contributed by atoms with Crippen LogP contribution in [0.25, 0.3) is 0 Å². The van der Waals surface area contributed by atoms with Crippen LogP contribution in [0.2, 0.25) is 0 Å². The summed E-state index contributed by atoms with van der Waals surface area (Å²) >= 11 is 0. The highest BCUT2D eigenvalue weighted by Crippen LogP contribution is 2.19. The Morgan fingerprint density at radius 1 is 1.38 bits per heavy atom. The third-order valence-electron chi connectivity index (χ3n) is 1.75. The van der Waals surface area contributed by atoms with Gasteiger partial charge in [0, 0.05) is 5.56 Å². The number of carbonyl (C=O) groups excluding carboxylic acids is 1. The van der Waals surface area contributed by atoms with E-state index in [1.807, 2.05) is 0 Å². The van der Waals surface area contributed by atoms with Crippen LogP contribution >= 0.6 is 0 Å². The van der Waals surface area contributed by atoms with Crippen molar-refractivity contribution >= 4 is 6.41 Å². The molecule has 1 amide bonds. The first-order valence-corrected chi connectivity index (χ1v) is 3.80. The zero-order valence-electron chi connectivity index (χ0n) is 7.05. The molecule has 0 bridgehead atoms. The van der Waals surface area contributed by atoms with Crippen molar-refractivity contribution in [3.8, 4) is 0 Å². The topological polar surface area (TPSA) is 29.1 Å². The van der Waals surface area contributed by atoms with Crippen LogP contribution < -0.4 is 5.32 Å². The first-order valence-electron chi connectivity index (χ1n) is 3.80. The van der Waals surface area contributed by atoms with Gasteiger partial charge in [-0.05, 0) is 19.1 Å². The molecule has 0 fully saturated rings. The maximum atomic E-state index is 13.0. The number of halogens is 2. The van der Waals surface area contributed by atoms with Gasteiger partial charge in [0.15, 0.2) is 0 Å². The Bertz CT molecular complexity index is 294. The molecule has 1 unspecified atom stereocenters. The first kappa shape index (κ1) is 9.64. The second kappa shape index (κ2) is 3.98. The lowest BCUT2D eigenvalue weighted by Gasteiger charge is -2.11. The van der Waals surface area contributed by atoms with Crippen LogP contribution in [0.1, 0.15) is 18.5 Å². The van der Waals surface area contributed by atoms with Crippen LogP contribution in [0, 0.1) is 11.6 Å². The van der Waals surface area contributed by atoms with E-state index in [0.29, 0.717) is 6.41 Å². The molecule has 2 nitrogen and oxygen atoms in total. The molecular formula is C9H9F2NO. The predicted molar refractivity (Wildman–Crippen MR) is 44.0 cm³/mol. The molecule has 1 atom stereocenters. The minimum Gasteiger partial charge on any atom is -0.352 e. The fourth-order valence-electron chi connectivity index (χ4n) is 1.11. The van der Waals surface area contributed by atoms with Crippen LogP contribution in [-0.4, -0.2) is 6.41 Å². The van der Waals surface area contributed by atoms with Gasteiger partial charge in [0.05, 0.1) is 6.04 Å². The van der Waals surface area contributed by atoms with Gasteiger partial charge < -0.3 is 5.32 Å². The third-order valence-corrected chi connectivity index (χ3v) is 1.75. The number of nitrogens with one attached hydrogen (secondary N) is 1. The van der Waals surface area contributed by atoms with E-state index < -0.39 is 17.7 Å². The lowest BCUT2D eigenvalue weighted by Crippen LogP contribution is -2.18. The zero-order chi connectivity index (χ0) is 9.84. The van der Waals surface area contributed by atoms with Gasteiger partial charge in [0.2, 0.25) is 6.41 Å². The van der Waals surface area contributed by atoms with Crippen molar-refractivity contribution in [2.24, 2.45) is 0 Å². The van der Waals surface area contributed by atoms with Crippen molar-refractivity contribution in [3.63, 3.8) is 0 Å². The minimum absolute atomic E-state index is 0.116. The quantitative estimate of drug-likeness (QED) is 0.714. The number of benzene rings is 1. The highest BCUT2D eigenvalue weighted by Gasteiger charge is 2.14. The number of hydrogen-bond acceptors (Lipinski definition) is 1. The summed E-state index contributed by atoms with van der Waals surface area (Å²) in [7, 11) is 0. The van der Waals surface area contributed by atoms with E-state index in [4.69, 9.17) is 0 Å². The second-order valence-electron chi connectivity index (χ2n) is 2.64. The number of rotatable bonds is 3. The van der Waals surface area contributed by atoms with Crippen LogP contribution in [0.15, 0.2) is 18.2 Å². The Morgan fingerprint density at radius 2 is 1.92 bits per heavy atom. The molecule has 70 valence electrons. The maximum Gasteiger partial charge on any atom is 0.207 e. The van der Waals surface area contributed by atoms with E-state index in [1.165, 1.54) is 13.0 Å². The second-order valence-corrected chi connectivity index (χ2v) is 2.64. The molecule has 0 aliphatic rings. The van der Waals surface area contributed by atoms with Crippen LogP contribution in [0.3, 0.4) is 0 Å². The van der Waals surface area contributed by atoms with Crippen molar-refractivity contribution in [1.29, 1.82) is 0 Å². The third kappa shape index (κ3) is 2.02. The summed E-state index contributed by atoms with van der Waals surface area (Å²) < 4.78 is 26.1. The van der Waals surface area contributed by atoms with Crippen molar-refractivity contribution in [1.82, 2.24) is 5.32 Å². The molecule has 0 aromatic heterocycles. The monoisotopic (exact) mass is 185 g/mol. The van der Waals surface area contributed by atoms with E-state index >= 15 is 0 Å². The van der Waals surface area contributed by atoms with Gasteiger partial charge in [-0.2, -0.15) is 0 Å². The van der Waals surface area contributed by atoms with E-state index in [-0.39, 0.29) is 5.56 Å². The van der Waals surface area contributed by atoms with Gasteiger partial charge in [0.25, 0.3) is 0 Å². The highest BCUT2D eigenvalue weighted by molar-refractivity contribution is 5.47. The lowest BCUT2D eigenvalue weighted by molar-refractivity contribution is -0.110. The Morgan fingerprint density at radius 3 is 2.38 bits per heavy atom. The molecule has 0 spiro atoms. The molecule has 0 radical (unpaired) electrons. The molecule has 1 N–H and O–H groups in total. The number of hydrogen-bond donors (Lipinski definition) is 1. The summed E-state index contributed by atoms with van der Waals surface area (Å²) in [6.45, 7) is 1.51. The van der Waals surface area contributed by atoms with Gasteiger partial charge in [-0.25, -0.2) is 8.78 Å². The Hall–Kier alpha value is -1.45. The molecule has 0 aliphatic carbocycles. The molecule has 4 heteroatoms. The summed E-state index contributed by atoms with van der Waals surface area (Å²) in [6, 6.07) is 2.93. The van der Waals surface area contributed by atoms with Crippen molar-refractivity contribution in [3.05, 3.63) is 35.4 Å². The largest absolute Gasteiger partial charge is 0.352 e. The molecule has 13 heavy (non-hydrogen) atoms. The van der Waals surface area contributed by atoms with Crippen molar-refractivity contribution in [2.45, 2.75) is 13.0 Å². The highest BCUT2D eigenvalue weighted by atomic mass is 19.1. The average Bonchev–Trinajstić information content (AvgIpc) is 2.04. The van der Waals surface area contributed by atoms with Gasteiger partial charge in [-0.3, -0.25) is 4.79 Å². The van der Waals surface area contributed by atoms with Crippen molar-refractivity contribution in [2.75, 3.05) is 0 Å². The fraction of sp³-hybridized carbons (Fsp3) is 0.222. The minimum atomic E-state index is -0.654. The SMILES string of the molecule is CC(NC=O)c1c(F)cccc1F. The van der Waals surface area contributed by atoms with E-state index in [1.54, 1.807) is 0 Å². The average molecular weight is 185 g/mol. The summed E-state index contributed by atoms with van der Waals surface area (Å²) in [4.78, 5) is 10.1. The summed E-state index contributed by atoms with van der Waals surface area (Å²) in [5.74, 6) is -1.30. The smallest absolute Gasteiger partial charge is 0.207 e. The summed E-state index contributed by atoms with van der Waals surface area (Å²) in [6.07, 6.45) is 0.413. The molecule has 0 aliphatic heterocycles. The van der Waals surface area contributed by atoms with E-state index in [0.717, 1.165) is 12.1 Å². The van der Waals surface area contributed by atoms with Gasteiger partial charge in [-0.15, -0.1) is 0 Å². The Kier molecular flexibility index (Phi) is 2.95. The predicted octanol–water partition coefficient (Wildman–Crippen LogP) is 1.77. The normalized spacial score (nSPS) is 12.2. The molecule has 1 aromatic carbocycles. The molecule has 0 saturated carbocycles. The summed E-state index contributed by atoms with van der Waals surface area (Å²) in [5.41, 5.74) is -0.116. The number of carbonyl (C=O) groups is 1. The molecular weight excluding hydrogens is 176 g/mol.